The lowest BCUT2D eigenvalue weighted by atomic mass is 10.2. The third-order valence-electron chi connectivity index (χ3n) is 2.70. The Morgan fingerprint density at radius 3 is 2.50 bits per heavy atom. The molecule has 8 heteroatoms. The molecule has 0 amide bonds. The van der Waals surface area contributed by atoms with E-state index in [1.807, 2.05) is 0 Å². The number of rotatable bonds is 2. The summed E-state index contributed by atoms with van der Waals surface area (Å²) in [7, 11) is -3.19. The molecule has 1 saturated heterocycles. The number of halogens is 3. The molecule has 0 saturated carbocycles. The van der Waals surface area contributed by atoms with Gasteiger partial charge in [0.2, 0.25) is 0 Å². The molecule has 0 radical (unpaired) electrons. The molecular formula is C10H10BrCl2NO3S. The Labute approximate surface area is 123 Å². The van der Waals surface area contributed by atoms with Gasteiger partial charge in [0.1, 0.15) is 0 Å². The largest absolute Gasteiger partial charge is 0.390 e. The number of hydrogen-bond acceptors (Lipinski definition) is 4. The summed E-state index contributed by atoms with van der Waals surface area (Å²) in [6.45, 7) is 0. The summed E-state index contributed by atoms with van der Waals surface area (Å²) >= 11 is 15.2. The Bertz CT molecular complexity index is 579. The summed E-state index contributed by atoms with van der Waals surface area (Å²) in [5.74, 6) is -0.343. The number of aliphatic hydroxyl groups is 1. The van der Waals surface area contributed by atoms with Crippen molar-refractivity contribution >= 4 is 54.7 Å². The number of anilines is 1. The lowest BCUT2D eigenvalue weighted by Gasteiger charge is -2.18. The molecule has 4 nitrogen and oxygen atoms in total. The van der Waals surface area contributed by atoms with Crippen LogP contribution in [-0.4, -0.2) is 37.2 Å². The maximum Gasteiger partial charge on any atom is 0.155 e. The van der Waals surface area contributed by atoms with Crippen molar-refractivity contribution in [2.24, 2.45) is 0 Å². The van der Waals surface area contributed by atoms with Crippen molar-refractivity contribution in [3.05, 3.63) is 26.7 Å². The van der Waals surface area contributed by atoms with Crippen molar-refractivity contribution in [3.63, 3.8) is 0 Å². The molecule has 1 fully saturated rings. The highest BCUT2D eigenvalue weighted by atomic mass is 79.9. The summed E-state index contributed by atoms with van der Waals surface area (Å²) in [6.07, 6.45) is -0.937. The second kappa shape index (κ2) is 5.17. The van der Waals surface area contributed by atoms with E-state index < -0.39 is 22.0 Å². The second-order valence-electron chi connectivity index (χ2n) is 4.12. The van der Waals surface area contributed by atoms with Crippen LogP contribution in [0.4, 0.5) is 5.69 Å². The van der Waals surface area contributed by atoms with Crippen molar-refractivity contribution in [2.45, 2.75) is 12.1 Å². The fourth-order valence-electron chi connectivity index (χ4n) is 1.80. The van der Waals surface area contributed by atoms with Crippen LogP contribution < -0.4 is 5.32 Å². The summed E-state index contributed by atoms with van der Waals surface area (Å²) in [5.41, 5.74) is 0.506. The fraction of sp³-hybridized carbons (Fsp3) is 0.400. The van der Waals surface area contributed by atoms with E-state index in [4.69, 9.17) is 23.2 Å². The molecule has 0 aromatic heterocycles. The first-order chi connectivity index (χ1) is 8.30. The monoisotopic (exact) mass is 373 g/mol. The molecule has 0 spiro atoms. The molecule has 2 unspecified atom stereocenters. The molecule has 1 aliphatic rings. The molecule has 0 aliphatic carbocycles. The molecule has 1 heterocycles. The smallest absolute Gasteiger partial charge is 0.155 e. The van der Waals surface area contributed by atoms with Gasteiger partial charge in [0, 0.05) is 4.47 Å². The lowest BCUT2D eigenvalue weighted by Crippen LogP contribution is -2.31. The highest BCUT2D eigenvalue weighted by Gasteiger charge is 2.36. The fourth-order valence-corrected chi connectivity index (χ4v) is 4.37. The maximum absolute atomic E-state index is 11.4. The molecule has 0 bridgehead atoms. The third-order valence-corrected chi connectivity index (χ3v) is 6.19. The Balaban J connectivity index is 2.23. The van der Waals surface area contributed by atoms with E-state index in [1.165, 1.54) is 0 Å². The van der Waals surface area contributed by atoms with Gasteiger partial charge in [-0.3, -0.25) is 0 Å². The lowest BCUT2D eigenvalue weighted by molar-refractivity contribution is 0.190. The Morgan fingerprint density at radius 2 is 1.94 bits per heavy atom. The van der Waals surface area contributed by atoms with Gasteiger partial charge in [-0.05, 0) is 28.1 Å². The van der Waals surface area contributed by atoms with Crippen LogP contribution in [0.15, 0.2) is 16.6 Å². The van der Waals surface area contributed by atoms with E-state index in [-0.39, 0.29) is 11.5 Å². The summed E-state index contributed by atoms with van der Waals surface area (Å²) in [6, 6.07) is 2.81. The van der Waals surface area contributed by atoms with Crippen LogP contribution in [-0.2, 0) is 9.84 Å². The summed E-state index contributed by atoms with van der Waals surface area (Å²) in [4.78, 5) is 0. The predicted molar refractivity (Wildman–Crippen MR) is 76.2 cm³/mol. The van der Waals surface area contributed by atoms with Crippen LogP contribution in [0.2, 0.25) is 10.0 Å². The molecule has 2 N–H and O–H groups in total. The van der Waals surface area contributed by atoms with Crippen molar-refractivity contribution in [1.29, 1.82) is 0 Å². The van der Waals surface area contributed by atoms with Crippen LogP contribution in [0.25, 0.3) is 0 Å². The van der Waals surface area contributed by atoms with Crippen molar-refractivity contribution in [3.8, 4) is 0 Å². The van der Waals surface area contributed by atoms with Crippen molar-refractivity contribution in [1.82, 2.24) is 0 Å². The van der Waals surface area contributed by atoms with Crippen LogP contribution in [0, 0.1) is 0 Å². The Morgan fingerprint density at radius 1 is 1.28 bits per heavy atom. The average molecular weight is 375 g/mol. The van der Waals surface area contributed by atoms with E-state index in [9.17, 15) is 13.5 Å². The molecule has 1 aromatic rings. The molecule has 2 rings (SSSR count). The van der Waals surface area contributed by atoms with E-state index in [0.29, 0.717) is 20.2 Å². The second-order valence-corrected chi connectivity index (χ2v) is 7.88. The van der Waals surface area contributed by atoms with E-state index in [0.717, 1.165) is 0 Å². The molecule has 100 valence electrons. The number of benzene rings is 1. The molecule has 2 atom stereocenters. The topological polar surface area (TPSA) is 66.4 Å². The van der Waals surface area contributed by atoms with Gasteiger partial charge in [-0.1, -0.05) is 23.2 Å². The highest BCUT2D eigenvalue weighted by molar-refractivity contribution is 9.10. The van der Waals surface area contributed by atoms with E-state index in [1.54, 1.807) is 12.1 Å². The quantitative estimate of drug-likeness (QED) is 0.779. The van der Waals surface area contributed by atoms with Gasteiger partial charge in [0.05, 0.1) is 39.4 Å². The highest BCUT2D eigenvalue weighted by Crippen LogP contribution is 2.36. The van der Waals surface area contributed by atoms with Crippen LogP contribution in [0.3, 0.4) is 0 Å². The van der Waals surface area contributed by atoms with Crippen molar-refractivity contribution in [2.75, 3.05) is 16.8 Å². The molecule has 1 aromatic carbocycles. The van der Waals surface area contributed by atoms with Gasteiger partial charge in [0.25, 0.3) is 0 Å². The number of hydrogen-bond donors (Lipinski definition) is 2. The van der Waals surface area contributed by atoms with Gasteiger partial charge < -0.3 is 10.4 Å². The van der Waals surface area contributed by atoms with Crippen molar-refractivity contribution < 1.29 is 13.5 Å². The first-order valence-electron chi connectivity index (χ1n) is 5.09. The summed E-state index contributed by atoms with van der Waals surface area (Å²) in [5, 5.41) is 13.2. The van der Waals surface area contributed by atoms with E-state index >= 15 is 0 Å². The van der Waals surface area contributed by atoms with Gasteiger partial charge >= 0.3 is 0 Å². The number of sulfone groups is 1. The number of aliphatic hydroxyl groups excluding tert-OH is 1. The Hall–Kier alpha value is -0.0100. The van der Waals surface area contributed by atoms with Gasteiger partial charge in [-0.15, -0.1) is 0 Å². The van der Waals surface area contributed by atoms with Gasteiger partial charge in [0.15, 0.2) is 9.84 Å². The molecule has 1 aliphatic heterocycles. The minimum Gasteiger partial charge on any atom is -0.390 e. The molecular weight excluding hydrogens is 365 g/mol. The third kappa shape index (κ3) is 2.93. The zero-order chi connectivity index (χ0) is 13.5. The zero-order valence-electron chi connectivity index (χ0n) is 9.03. The molecule has 18 heavy (non-hydrogen) atoms. The first kappa shape index (κ1) is 14.4. The standard InChI is InChI=1S/C10H10BrCl2NO3S/c11-5-1-2-6(10(13)9(5)12)14-7-3-18(16,17)4-8(7)15/h1-2,7-8,14-15H,3-4H2. The van der Waals surface area contributed by atoms with Crippen LogP contribution >= 0.6 is 39.1 Å². The first-order valence-corrected chi connectivity index (χ1v) is 8.46. The van der Waals surface area contributed by atoms with Gasteiger partial charge in [-0.25, -0.2) is 8.42 Å². The predicted octanol–water partition coefficient (Wildman–Crippen LogP) is 2.33. The average Bonchev–Trinajstić information content (AvgIpc) is 2.53. The Kier molecular flexibility index (Phi) is 4.14. The SMILES string of the molecule is O=S1(=O)CC(O)C(Nc2ccc(Br)c(Cl)c2Cl)C1. The van der Waals surface area contributed by atoms with Crippen LogP contribution in [0.5, 0.6) is 0 Å². The minimum atomic E-state index is -3.19. The van der Waals surface area contributed by atoms with E-state index in [2.05, 4.69) is 21.2 Å². The zero-order valence-corrected chi connectivity index (χ0v) is 12.9. The van der Waals surface area contributed by atoms with Crippen LogP contribution in [0.1, 0.15) is 0 Å². The number of nitrogens with one attached hydrogen (secondary N) is 1. The normalized spacial score (nSPS) is 26.2. The van der Waals surface area contributed by atoms with Gasteiger partial charge in [-0.2, -0.15) is 0 Å². The summed E-state index contributed by atoms with van der Waals surface area (Å²) < 4.78 is 23.4. The maximum atomic E-state index is 11.4. The minimum absolute atomic E-state index is 0.113.